The van der Waals surface area contributed by atoms with E-state index in [0.717, 1.165) is 4.70 Å². The van der Waals surface area contributed by atoms with Gasteiger partial charge in [-0.15, -0.1) is 11.3 Å². The largest absolute Gasteiger partial charge is 0.503 e. The van der Waals surface area contributed by atoms with Crippen molar-refractivity contribution in [2.24, 2.45) is 0 Å². The number of aryl methyl sites for hydroxylation is 2. The van der Waals surface area contributed by atoms with Crippen molar-refractivity contribution in [1.29, 1.82) is 0 Å². The summed E-state index contributed by atoms with van der Waals surface area (Å²) in [6.07, 6.45) is 0. The molecule has 2 aromatic heterocycles. The Morgan fingerprint density at radius 2 is 1.76 bits per heavy atom. The average molecular weight is 536 g/mol. The summed E-state index contributed by atoms with van der Waals surface area (Å²) in [5.74, 6) is -1.75. The summed E-state index contributed by atoms with van der Waals surface area (Å²) in [5.41, 5.74) is 1.92. The summed E-state index contributed by atoms with van der Waals surface area (Å²) in [7, 11) is 2.84. The number of aliphatic hydroxyl groups is 1. The van der Waals surface area contributed by atoms with E-state index >= 15 is 0 Å². The van der Waals surface area contributed by atoms with Crippen molar-refractivity contribution in [3.63, 3.8) is 0 Å². The molecule has 0 fully saturated rings. The third-order valence-corrected chi connectivity index (χ3v) is 8.09. The Morgan fingerprint density at radius 1 is 1.03 bits per heavy atom. The number of nitrogens with zero attached hydrogens (tertiary/aromatic N) is 3. The monoisotopic (exact) mass is 535 g/mol. The molecule has 1 aliphatic rings. The highest BCUT2D eigenvalue weighted by atomic mass is 32.1. The fourth-order valence-corrected chi connectivity index (χ4v) is 6.15. The molecule has 1 unspecified atom stereocenters. The molecular weight excluding hydrogens is 514 g/mol. The van der Waals surface area contributed by atoms with Crippen molar-refractivity contribution in [3.8, 4) is 5.75 Å². The minimum atomic E-state index is -0.976. The first-order valence-electron chi connectivity index (χ1n) is 11.1. The summed E-state index contributed by atoms with van der Waals surface area (Å²) < 4.78 is 10.9. The molecule has 188 valence electrons. The van der Waals surface area contributed by atoms with Gasteiger partial charge in [-0.25, -0.2) is 14.8 Å². The standard InChI is InChI=1S/C26H21N3O6S2/c1-12-23(36-13(2)27-12)21(30)19-20(14-5-7-15(8-6-14)25(33)35-4)29(24(32)22(19)31)26-28-17-10-9-16(34-3)11-18(17)37-26/h5-11,20,31H,1-4H3. The number of hydrogen-bond acceptors (Lipinski definition) is 10. The van der Waals surface area contributed by atoms with Crippen LogP contribution in [0.4, 0.5) is 5.13 Å². The van der Waals surface area contributed by atoms with Crippen molar-refractivity contribution in [2.75, 3.05) is 19.1 Å². The number of anilines is 1. The number of esters is 1. The molecule has 0 saturated heterocycles. The highest BCUT2D eigenvalue weighted by molar-refractivity contribution is 7.22. The predicted octanol–water partition coefficient (Wildman–Crippen LogP) is 4.95. The molecule has 0 bridgehead atoms. The number of ether oxygens (including phenoxy) is 2. The molecule has 9 nitrogen and oxygen atoms in total. The topological polar surface area (TPSA) is 119 Å². The van der Waals surface area contributed by atoms with E-state index in [-0.39, 0.29) is 5.57 Å². The maximum atomic E-state index is 13.7. The molecule has 37 heavy (non-hydrogen) atoms. The molecular formula is C26H21N3O6S2. The van der Waals surface area contributed by atoms with E-state index in [0.29, 0.717) is 43.1 Å². The quantitative estimate of drug-likeness (QED) is 0.272. The number of carbonyl (C=O) groups is 3. The Kier molecular flexibility index (Phi) is 6.26. The normalized spacial score (nSPS) is 15.5. The number of fused-ring (bicyclic) bond motifs is 1. The van der Waals surface area contributed by atoms with Gasteiger partial charge in [0.1, 0.15) is 5.75 Å². The van der Waals surface area contributed by atoms with Gasteiger partial charge in [0.2, 0.25) is 5.78 Å². The molecule has 1 amide bonds. The Morgan fingerprint density at radius 3 is 2.38 bits per heavy atom. The molecule has 0 radical (unpaired) electrons. The van der Waals surface area contributed by atoms with Gasteiger partial charge in [0, 0.05) is 0 Å². The average Bonchev–Trinajstić information content (AvgIpc) is 3.55. The van der Waals surface area contributed by atoms with Crippen LogP contribution in [0.3, 0.4) is 0 Å². The molecule has 11 heteroatoms. The first-order chi connectivity index (χ1) is 17.7. The third-order valence-electron chi connectivity index (χ3n) is 6.00. The number of amides is 1. The molecule has 4 aromatic rings. The predicted molar refractivity (Wildman–Crippen MR) is 140 cm³/mol. The summed E-state index contributed by atoms with van der Waals surface area (Å²) in [4.78, 5) is 49.8. The third kappa shape index (κ3) is 4.15. The highest BCUT2D eigenvalue weighted by Crippen LogP contribution is 2.45. The minimum absolute atomic E-state index is 0.0700. The van der Waals surface area contributed by atoms with Crippen molar-refractivity contribution in [3.05, 3.63) is 80.5 Å². The molecule has 0 spiro atoms. The lowest BCUT2D eigenvalue weighted by Gasteiger charge is -2.24. The second kappa shape index (κ2) is 9.41. The number of Topliss-reactive ketones (excluding diaryl/α,β-unsaturated/α-hetero) is 1. The molecule has 1 aliphatic heterocycles. The zero-order chi connectivity index (χ0) is 26.4. The van der Waals surface area contributed by atoms with Gasteiger partial charge in [-0.05, 0) is 49.7 Å². The molecule has 2 aromatic carbocycles. The van der Waals surface area contributed by atoms with E-state index in [9.17, 15) is 19.5 Å². The van der Waals surface area contributed by atoms with Crippen LogP contribution in [0.15, 0.2) is 53.8 Å². The molecule has 3 heterocycles. The molecule has 0 saturated carbocycles. The minimum Gasteiger partial charge on any atom is -0.503 e. The van der Waals surface area contributed by atoms with Gasteiger partial charge in [0.15, 0.2) is 10.9 Å². The van der Waals surface area contributed by atoms with Crippen LogP contribution >= 0.6 is 22.7 Å². The van der Waals surface area contributed by atoms with Crippen LogP contribution in [0.2, 0.25) is 0 Å². The number of carbonyl (C=O) groups excluding carboxylic acids is 3. The lowest BCUT2D eigenvalue weighted by atomic mass is 9.94. The van der Waals surface area contributed by atoms with Crippen LogP contribution in [-0.4, -0.2) is 47.0 Å². The van der Waals surface area contributed by atoms with Crippen molar-refractivity contribution in [1.82, 2.24) is 9.97 Å². The number of hydrogen-bond donors (Lipinski definition) is 1. The lowest BCUT2D eigenvalue weighted by Crippen LogP contribution is -2.31. The fraction of sp³-hybridized carbons (Fsp3) is 0.192. The van der Waals surface area contributed by atoms with Gasteiger partial charge < -0.3 is 14.6 Å². The summed E-state index contributed by atoms with van der Waals surface area (Å²) in [5, 5.41) is 12.0. The van der Waals surface area contributed by atoms with Gasteiger partial charge in [-0.1, -0.05) is 23.5 Å². The van der Waals surface area contributed by atoms with E-state index < -0.39 is 29.5 Å². The number of rotatable bonds is 6. The lowest BCUT2D eigenvalue weighted by molar-refractivity contribution is -0.117. The zero-order valence-corrected chi connectivity index (χ0v) is 21.9. The van der Waals surface area contributed by atoms with Gasteiger partial charge in [-0.2, -0.15) is 0 Å². The number of aromatic nitrogens is 2. The van der Waals surface area contributed by atoms with Crippen molar-refractivity contribution >= 4 is 55.7 Å². The Hall–Kier alpha value is -4.09. The molecule has 5 rings (SSSR count). The Bertz CT molecular complexity index is 1600. The van der Waals surface area contributed by atoms with Gasteiger partial charge in [0.25, 0.3) is 5.91 Å². The molecule has 1 N–H and O–H groups in total. The van der Waals surface area contributed by atoms with Crippen molar-refractivity contribution < 1.29 is 29.0 Å². The van der Waals surface area contributed by atoms with Gasteiger partial charge in [0.05, 0.1) is 57.2 Å². The van der Waals surface area contributed by atoms with Crippen LogP contribution in [-0.2, 0) is 9.53 Å². The van der Waals surface area contributed by atoms with Gasteiger partial charge >= 0.3 is 5.97 Å². The fourth-order valence-electron chi connectivity index (χ4n) is 4.26. The second-order valence-electron chi connectivity index (χ2n) is 8.26. The second-order valence-corrected chi connectivity index (χ2v) is 10.5. The number of thiazole rings is 2. The Balaban J connectivity index is 1.66. The van der Waals surface area contributed by atoms with Crippen LogP contribution in [0.5, 0.6) is 5.75 Å². The van der Waals surface area contributed by atoms with E-state index in [4.69, 9.17) is 9.47 Å². The smallest absolute Gasteiger partial charge is 0.337 e. The Labute approximate surface area is 219 Å². The number of ketones is 1. The summed E-state index contributed by atoms with van der Waals surface area (Å²) in [6, 6.07) is 10.7. The van der Waals surface area contributed by atoms with Crippen LogP contribution in [0.25, 0.3) is 10.2 Å². The van der Waals surface area contributed by atoms with Crippen LogP contribution in [0.1, 0.15) is 42.3 Å². The van der Waals surface area contributed by atoms with E-state index in [2.05, 4.69) is 9.97 Å². The number of benzene rings is 2. The number of aliphatic hydroxyl groups excluding tert-OH is 1. The number of methoxy groups -OCH3 is 2. The van der Waals surface area contributed by atoms with E-state index in [1.165, 1.54) is 34.7 Å². The SMILES string of the molecule is COC(=O)c1ccc(C2C(C(=O)c3sc(C)nc3C)=C(O)C(=O)N2c2nc3ccc(OC)cc3s2)cc1. The summed E-state index contributed by atoms with van der Waals surface area (Å²) >= 11 is 2.44. The maximum Gasteiger partial charge on any atom is 0.337 e. The maximum absolute atomic E-state index is 13.7. The van der Waals surface area contributed by atoms with E-state index in [1.54, 1.807) is 63.4 Å². The van der Waals surface area contributed by atoms with Crippen LogP contribution < -0.4 is 9.64 Å². The highest BCUT2D eigenvalue weighted by Gasteiger charge is 2.46. The molecule has 0 aliphatic carbocycles. The van der Waals surface area contributed by atoms with E-state index in [1.807, 2.05) is 0 Å². The summed E-state index contributed by atoms with van der Waals surface area (Å²) in [6.45, 7) is 3.50. The van der Waals surface area contributed by atoms with Crippen LogP contribution in [0, 0.1) is 13.8 Å². The molecule has 1 atom stereocenters. The van der Waals surface area contributed by atoms with Gasteiger partial charge in [-0.3, -0.25) is 14.5 Å². The first-order valence-corrected chi connectivity index (χ1v) is 12.7. The zero-order valence-electron chi connectivity index (χ0n) is 20.3. The van der Waals surface area contributed by atoms with Crippen molar-refractivity contribution in [2.45, 2.75) is 19.9 Å². The first kappa shape index (κ1) is 24.6.